The van der Waals surface area contributed by atoms with Gasteiger partial charge in [-0.2, -0.15) is 0 Å². The molecule has 1 saturated carbocycles. The van der Waals surface area contributed by atoms with E-state index in [9.17, 15) is 9.59 Å². The van der Waals surface area contributed by atoms with Crippen LogP contribution in [0, 0.1) is 11.8 Å². The van der Waals surface area contributed by atoms with E-state index in [1.165, 1.54) is 32.1 Å². The van der Waals surface area contributed by atoms with Crippen LogP contribution in [0.5, 0.6) is 0 Å². The number of hydrogen-bond acceptors (Lipinski definition) is 4. The van der Waals surface area contributed by atoms with Gasteiger partial charge in [-0.25, -0.2) is 0 Å². The van der Waals surface area contributed by atoms with Gasteiger partial charge in [0, 0.05) is 26.2 Å². The van der Waals surface area contributed by atoms with Gasteiger partial charge in [-0.15, -0.1) is 0 Å². The minimum absolute atomic E-state index is 0.0236. The van der Waals surface area contributed by atoms with Gasteiger partial charge >= 0.3 is 0 Å². The van der Waals surface area contributed by atoms with Gasteiger partial charge in [0.2, 0.25) is 11.8 Å². The van der Waals surface area contributed by atoms with Gasteiger partial charge in [-0.3, -0.25) is 14.5 Å². The van der Waals surface area contributed by atoms with Gasteiger partial charge in [0.25, 0.3) is 0 Å². The van der Waals surface area contributed by atoms with E-state index in [4.69, 9.17) is 4.74 Å². The van der Waals surface area contributed by atoms with E-state index in [0.29, 0.717) is 38.8 Å². The smallest absolute Gasteiger partial charge is 0.237 e. The van der Waals surface area contributed by atoms with E-state index < -0.39 is 0 Å². The predicted molar refractivity (Wildman–Crippen MR) is 101 cm³/mol. The fraction of sp³-hybridized carbons (Fsp3) is 0.900. The molecule has 6 nitrogen and oxygen atoms in total. The zero-order valence-electron chi connectivity index (χ0n) is 16.3. The van der Waals surface area contributed by atoms with E-state index in [1.54, 1.807) is 0 Å². The van der Waals surface area contributed by atoms with Crippen LogP contribution >= 0.6 is 0 Å². The Balaban J connectivity index is 1.46. The molecule has 3 aliphatic rings. The molecule has 2 atom stereocenters. The van der Waals surface area contributed by atoms with Crippen LogP contribution in [0.4, 0.5) is 0 Å². The van der Waals surface area contributed by atoms with E-state index >= 15 is 0 Å². The Morgan fingerprint density at radius 2 is 1.77 bits per heavy atom. The average molecular weight is 366 g/mol. The molecule has 2 aliphatic heterocycles. The standard InChI is InChI=1S/C20H35N3O3/c1-16(19(24)21-14-17-6-3-2-4-7-17)23-9-5-8-18(15-23)20(25)22-10-12-26-13-11-22/h16-18H,2-15H2,1H3,(H,21,24). The number of morpholine rings is 1. The normalized spacial score (nSPS) is 27.1. The number of nitrogens with one attached hydrogen (secondary N) is 1. The van der Waals surface area contributed by atoms with Crippen LogP contribution < -0.4 is 5.32 Å². The quantitative estimate of drug-likeness (QED) is 0.805. The number of carbonyl (C=O) groups is 2. The Labute approximate surface area is 157 Å². The van der Waals surface area contributed by atoms with Crippen LogP contribution in [0.1, 0.15) is 51.9 Å². The van der Waals surface area contributed by atoms with Crippen LogP contribution in [0.25, 0.3) is 0 Å². The molecule has 0 aromatic rings. The van der Waals surface area contributed by atoms with Gasteiger partial charge in [0.05, 0.1) is 25.2 Å². The molecule has 1 aliphatic carbocycles. The van der Waals surface area contributed by atoms with Crippen LogP contribution in [-0.2, 0) is 14.3 Å². The molecule has 0 bridgehead atoms. The zero-order chi connectivity index (χ0) is 18.4. The molecule has 0 spiro atoms. The number of carbonyl (C=O) groups excluding carboxylic acids is 2. The lowest BCUT2D eigenvalue weighted by atomic mass is 9.89. The fourth-order valence-corrected chi connectivity index (χ4v) is 4.55. The Bertz CT molecular complexity index is 473. The summed E-state index contributed by atoms with van der Waals surface area (Å²) in [7, 11) is 0. The number of hydrogen-bond donors (Lipinski definition) is 1. The first-order chi connectivity index (χ1) is 12.6. The molecule has 2 saturated heterocycles. The molecule has 0 aromatic carbocycles. The molecule has 2 heterocycles. The first-order valence-corrected chi connectivity index (χ1v) is 10.5. The largest absolute Gasteiger partial charge is 0.378 e. The number of rotatable bonds is 5. The zero-order valence-corrected chi connectivity index (χ0v) is 16.3. The van der Waals surface area contributed by atoms with Gasteiger partial charge < -0.3 is 15.0 Å². The first-order valence-electron chi connectivity index (χ1n) is 10.5. The molecule has 0 aromatic heterocycles. The maximum absolute atomic E-state index is 12.8. The molecule has 2 unspecified atom stereocenters. The van der Waals surface area contributed by atoms with Crippen molar-refractivity contribution >= 4 is 11.8 Å². The van der Waals surface area contributed by atoms with Crippen LogP contribution in [-0.4, -0.2) is 73.6 Å². The molecule has 3 fully saturated rings. The van der Waals surface area contributed by atoms with E-state index in [0.717, 1.165) is 25.9 Å². The summed E-state index contributed by atoms with van der Waals surface area (Å²) in [4.78, 5) is 29.5. The first kappa shape index (κ1) is 19.6. The third-order valence-corrected chi connectivity index (χ3v) is 6.34. The second kappa shape index (κ2) is 9.70. The molecular weight excluding hydrogens is 330 g/mol. The van der Waals surface area contributed by atoms with Crippen molar-refractivity contribution in [2.24, 2.45) is 11.8 Å². The summed E-state index contributed by atoms with van der Waals surface area (Å²) in [5.41, 5.74) is 0. The van der Waals surface area contributed by atoms with Crippen molar-refractivity contribution in [1.29, 1.82) is 0 Å². The van der Waals surface area contributed by atoms with Crippen LogP contribution in [0.15, 0.2) is 0 Å². The Morgan fingerprint density at radius 3 is 2.50 bits per heavy atom. The van der Waals surface area contributed by atoms with Crippen LogP contribution in [0.2, 0.25) is 0 Å². The number of amides is 2. The number of piperidine rings is 1. The highest BCUT2D eigenvalue weighted by atomic mass is 16.5. The summed E-state index contributed by atoms with van der Waals surface area (Å²) in [6.45, 7) is 7.09. The lowest BCUT2D eigenvalue weighted by Gasteiger charge is -2.38. The lowest BCUT2D eigenvalue weighted by Crippen LogP contribution is -2.53. The summed E-state index contributed by atoms with van der Waals surface area (Å²) in [5, 5.41) is 3.16. The molecule has 0 radical (unpaired) electrons. The maximum atomic E-state index is 12.8. The molecular formula is C20H35N3O3. The number of likely N-dealkylation sites (tertiary alicyclic amines) is 1. The second-order valence-electron chi connectivity index (χ2n) is 8.20. The summed E-state index contributed by atoms with van der Waals surface area (Å²) in [6, 6.07) is -0.154. The Morgan fingerprint density at radius 1 is 1.04 bits per heavy atom. The van der Waals surface area contributed by atoms with Crippen molar-refractivity contribution in [3.05, 3.63) is 0 Å². The predicted octanol–water partition coefficient (Wildman–Crippen LogP) is 1.64. The highest BCUT2D eigenvalue weighted by Gasteiger charge is 2.33. The van der Waals surface area contributed by atoms with Crippen LogP contribution in [0.3, 0.4) is 0 Å². The topological polar surface area (TPSA) is 61.9 Å². The molecule has 26 heavy (non-hydrogen) atoms. The third-order valence-electron chi connectivity index (χ3n) is 6.34. The van der Waals surface area contributed by atoms with Crippen molar-refractivity contribution in [3.63, 3.8) is 0 Å². The summed E-state index contributed by atoms with van der Waals surface area (Å²) in [6.07, 6.45) is 8.35. The Kier molecular flexibility index (Phi) is 7.32. The average Bonchev–Trinajstić information content (AvgIpc) is 2.72. The Hall–Kier alpha value is -1.14. The van der Waals surface area contributed by atoms with E-state index in [2.05, 4.69) is 10.2 Å². The van der Waals surface area contributed by atoms with E-state index in [1.807, 2.05) is 11.8 Å². The monoisotopic (exact) mass is 365 g/mol. The summed E-state index contributed by atoms with van der Waals surface area (Å²) < 4.78 is 5.35. The minimum atomic E-state index is -0.154. The van der Waals surface area contributed by atoms with Gasteiger partial charge in [0.15, 0.2) is 0 Å². The highest BCUT2D eigenvalue weighted by Crippen LogP contribution is 2.23. The molecule has 2 amide bonds. The summed E-state index contributed by atoms with van der Waals surface area (Å²) >= 11 is 0. The molecule has 6 heteroatoms. The minimum Gasteiger partial charge on any atom is -0.378 e. The van der Waals surface area contributed by atoms with Crippen molar-refractivity contribution in [2.45, 2.75) is 57.9 Å². The van der Waals surface area contributed by atoms with Gasteiger partial charge in [0.1, 0.15) is 0 Å². The maximum Gasteiger partial charge on any atom is 0.237 e. The van der Waals surface area contributed by atoms with Crippen molar-refractivity contribution in [1.82, 2.24) is 15.1 Å². The molecule has 148 valence electrons. The lowest BCUT2D eigenvalue weighted by molar-refractivity contribution is -0.142. The van der Waals surface area contributed by atoms with Crippen molar-refractivity contribution < 1.29 is 14.3 Å². The number of ether oxygens (including phenoxy) is 1. The second-order valence-corrected chi connectivity index (χ2v) is 8.20. The van der Waals surface area contributed by atoms with Gasteiger partial charge in [-0.1, -0.05) is 19.3 Å². The number of nitrogens with zero attached hydrogens (tertiary/aromatic N) is 2. The molecule has 3 rings (SSSR count). The third kappa shape index (κ3) is 5.19. The SMILES string of the molecule is CC(C(=O)NCC1CCCCC1)N1CCCC(C(=O)N2CCOCC2)C1. The van der Waals surface area contributed by atoms with E-state index in [-0.39, 0.29) is 23.8 Å². The highest BCUT2D eigenvalue weighted by molar-refractivity contribution is 5.82. The van der Waals surface area contributed by atoms with Crippen molar-refractivity contribution in [2.75, 3.05) is 45.9 Å². The van der Waals surface area contributed by atoms with Crippen molar-refractivity contribution in [3.8, 4) is 0 Å². The fourth-order valence-electron chi connectivity index (χ4n) is 4.55. The molecule has 1 N–H and O–H groups in total. The van der Waals surface area contributed by atoms with Gasteiger partial charge in [-0.05, 0) is 45.1 Å². The summed E-state index contributed by atoms with van der Waals surface area (Å²) in [5.74, 6) is 1.04.